The van der Waals surface area contributed by atoms with Crippen LogP contribution in [0.4, 0.5) is 0 Å². The number of hydrogen-bond acceptors (Lipinski definition) is 3. The predicted molar refractivity (Wildman–Crippen MR) is 82.5 cm³/mol. The standard InChI is InChI=1S/C17H21NO2/c1-12-5-6-13(11-18-2)9-16(12)15-8-7-14(19-3)10-17(15)20-4/h5-10,18H,11H2,1-4H3. The number of ether oxygens (including phenoxy) is 2. The maximum Gasteiger partial charge on any atom is 0.130 e. The number of rotatable bonds is 5. The molecule has 0 radical (unpaired) electrons. The number of nitrogens with one attached hydrogen (secondary N) is 1. The molecule has 0 saturated heterocycles. The van der Waals surface area contributed by atoms with E-state index in [1.807, 2.05) is 25.2 Å². The average molecular weight is 271 g/mol. The van der Waals surface area contributed by atoms with E-state index in [1.165, 1.54) is 16.7 Å². The molecule has 0 aromatic heterocycles. The van der Waals surface area contributed by atoms with Crippen LogP contribution in [-0.4, -0.2) is 21.3 Å². The fraction of sp³-hybridized carbons (Fsp3) is 0.294. The first-order chi connectivity index (χ1) is 9.69. The van der Waals surface area contributed by atoms with E-state index in [0.29, 0.717) is 0 Å². The minimum Gasteiger partial charge on any atom is -0.497 e. The van der Waals surface area contributed by atoms with Crippen molar-refractivity contribution in [2.24, 2.45) is 0 Å². The van der Waals surface area contributed by atoms with Crippen LogP contribution in [0, 0.1) is 6.92 Å². The van der Waals surface area contributed by atoms with Crippen molar-refractivity contribution >= 4 is 0 Å². The number of aryl methyl sites for hydroxylation is 1. The van der Waals surface area contributed by atoms with Crippen LogP contribution in [0.1, 0.15) is 11.1 Å². The predicted octanol–water partition coefficient (Wildman–Crippen LogP) is 3.40. The van der Waals surface area contributed by atoms with Crippen LogP contribution in [0.15, 0.2) is 36.4 Å². The van der Waals surface area contributed by atoms with Crippen LogP contribution < -0.4 is 14.8 Å². The molecule has 2 aromatic carbocycles. The summed E-state index contributed by atoms with van der Waals surface area (Å²) >= 11 is 0. The van der Waals surface area contributed by atoms with Crippen molar-refractivity contribution < 1.29 is 9.47 Å². The van der Waals surface area contributed by atoms with E-state index in [4.69, 9.17) is 9.47 Å². The highest BCUT2D eigenvalue weighted by atomic mass is 16.5. The second-order valence-corrected chi connectivity index (χ2v) is 4.75. The number of benzene rings is 2. The molecule has 0 aliphatic heterocycles. The van der Waals surface area contributed by atoms with Gasteiger partial charge in [-0.2, -0.15) is 0 Å². The maximum absolute atomic E-state index is 5.50. The molecule has 0 aliphatic rings. The summed E-state index contributed by atoms with van der Waals surface area (Å²) in [6.45, 7) is 2.97. The Hall–Kier alpha value is -2.00. The molecule has 3 nitrogen and oxygen atoms in total. The third kappa shape index (κ3) is 2.94. The van der Waals surface area contributed by atoms with Gasteiger partial charge in [0.2, 0.25) is 0 Å². The van der Waals surface area contributed by atoms with E-state index >= 15 is 0 Å². The zero-order chi connectivity index (χ0) is 14.5. The highest BCUT2D eigenvalue weighted by molar-refractivity contribution is 5.74. The van der Waals surface area contributed by atoms with Gasteiger partial charge in [-0.05, 0) is 48.9 Å². The highest BCUT2D eigenvalue weighted by Gasteiger charge is 2.10. The van der Waals surface area contributed by atoms with E-state index in [2.05, 4.69) is 30.4 Å². The minimum atomic E-state index is 0.801. The normalized spacial score (nSPS) is 10.4. The lowest BCUT2D eigenvalue weighted by molar-refractivity contribution is 0.395. The summed E-state index contributed by atoms with van der Waals surface area (Å²) in [5.74, 6) is 1.63. The molecule has 3 heteroatoms. The Labute approximate surface area is 120 Å². The third-order valence-electron chi connectivity index (χ3n) is 3.38. The van der Waals surface area contributed by atoms with Crippen LogP contribution in [0.3, 0.4) is 0 Å². The summed E-state index contributed by atoms with van der Waals surface area (Å²) in [6.07, 6.45) is 0. The molecule has 0 saturated carbocycles. The minimum absolute atomic E-state index is 0.801. The van der Waals surface area contributed by atoms with Gasteiger partial charge in [-0.25, -0.2) is 0 Å². The van der Waals surface area contributed by atoms with E-state index in [1.54, 1.807) is 14.2 Å². The molecule has 0 bridgehead atoms. The summed E-state index contributed by atoms with van der Waals surface area (Å²) in [5, 5.41) is 3.18. The van der Waals surface area contributed by atoms with Gasteiger partial charge in [-0.15, -0.1) is 0 Å². The summed E-state index contributed by atoms with van der Waals surface area (Å²) in [4.78, 5) is 0. The molecule has 2 rings (SSSR count). The van der Waals surface area contributed by atoms with Crippen molar-refractivity contribution in [3.8, 4) is 22.6 Å². The van der Waals surface area contributed by atoms with E-state index < -0.39 is 0 Å². The molecule has 0 aliphatic carbocycles. The van der Waals surface area contributed by atoms with Gasteiger partial charge in [0.05, 0.1) is 14.2 Å². The summed E-state index contributed by atoms with van der Waals surface area (Å²) in [5.41, 5.74) is 4.76. The molecule has 0 amide bonds. The Morgan fingerprint density at radius 3 is 2.40 bits per heavy atom. The molecule has 1 N–H and O–H groups in total. The Bertz CT molecular complexity index is 594. The molecule has 0 spiro atoms. The van der Waals surface area contributed by atoms with Crippen molar-refractivity contribution in [1.82, 2.24) is 5.32 Å². The van der Waals surface area contributed by atoms with E-state index in [-0.39, 0.29) is 0 Å². The molecule has 0 heterocycles. The SMILES string of the molecule is CNCc1ccc(C)c(-c2ccc(OC)cc2OC)c1. The maximum atomic E-state index is 5.50. The molecule has 0 unspecified atom stereocenters. The van der Waals surface area contributed by atoms with Crippen LogP contribution in [0.5, 0.6) is 11.5 Å². The summed E-state index contributed by atoms with van der Waals surface area (Å²) in [7, 11) is 5.30. The Morgan fingerprint density at radius 2 is 1.75 bits per heavy atom. The van der Waals surface area contributed by atoms with Gasteiger partial charge in [-0.3, -0.25) is 0 Å². The van der Waals surface area contributed by atoms with Gasteiger partial charge in [-0.1, -0.05) is 12.1 Å². The van der Waals surface area contributed by atoms with Gasteiger partial charge in [0.1, 0.15) is 11.5 Å². The lowest BCUT2D eigenvalue weighted by atomic mass is 9.97. The smallest absolute Gasteiger partial charge is 0.130 e. The van der Waals surface area contributed by atoms with E-state index in [9.17, 15) is 0 Å². The van der Waals surface area contributed by atoms with Gasteiger partial charge in [0.25, 0.3) is 0 Å². The average Bonchev–Trinajstić information content (AvgIpc) is 2.49. The highest BCUT2D eigenvalue weighted by Crippen LogP contribution is 2.35. The van der Waals surface area contributed by atoms with Crippen molar-refractivity contribution in [1.29, 1.82) is 0 Å². The number of hydrogen-bond donors (Lipinski definition) is 1. The van der Waals surface area contributed by atoms with Gasteiger partial charge >= 0.3 is 0 Å². The number of methoxy groups -OCH3 is 2. The first-order valence-electron chi connectivity index (χ1n) is 6.66. The lowest BCUT2D eigenvalue weighted by Crippen LogP contribution is -2.05. The molecular weight excluding hydrogens is 250 g/mol. The molecule has 20 heavy (non-hydrogen) atoms. The van der Waals surface area contributed by atoms with Crippen molar-refractivity contribution in [3.05, 3.63) is 47.5 Å². The fourth-order valence-electron chi connectivity index (χ4n) is 2.29. The topological polar surface area (TPSA) is 30.5 Å². The largest absolute Gasteiger partial charge is 0.497 e. The molecule has 0 fully saturated rings. The zero-order valence-corrected chi connectivity index (χ0v) is 12.5. The van der Waals surface area contributed by atoms with Crippen molar-refractivity contribution in [2.75, 3.05) is 21.3 Å². The van der Waals surface area contributed by atoms with Crippen LogP contribution in [-0.2, 0) is 6.54 Å². The van der Waals surface area contributed by atoms with Gasteiger partial charge in [0, 0.05) is 18.2 Å². The van der Waals surface area contributed by atoms with Gasteiger partial charge < -0.3 is 14.8 Å². The quantitative estimate of drug-likeness (QED) is 0.904. The summed E-state index contributed by atoms with van der Waals surface area (Å²) < 4.78 is 10.8. The summed E-state index contributed by atoms with van der Waals surface area (Å²) in [6, 6.07) is 12.4. The Morgan fingerprint density at radius 1 is 0.950 bits per heavy atom. The first kappa shape index (κ1) is 14.4. The van der Waals surface area contributed by atoms with Crippen LogP contribution in [0.25, 0.3) is 11.1 Å². The first-order valence-corrected chi connectivity index (χ1v) is 6.66. The lowest BCUT2D eigenvalue weighted by Gasteiger charge is -2.14. The van der Waals surface area contributed by atoms with Gasteiger partial charge in [0.15, 0.2) is 0 Å². The molecule has 106 valence electrons. The Balaban J connectivity index is 2.52. The monoisotopic (exact) mass is 271 g/mol. The molecule has 0 atom stereocenters. The fourth-order valence-corrected chi connectivity index (χ4v) is 2.29. The van der Waals surface area contributed by atoms with Crippen molar-refractivity contribution in [2.45, 2.75) is 13.5 Å². The van der Waals surface area contributed by atoms with Crippen LogP contribution >= 0.6 is 0 Å². The second kappa shape index (κ2) is 6.44. The van der Waals surface area contributed by atoms with E-state index in [0.717, 1.165) is 23.6 Å². The second-order valence-electron chi connectivity index (χ2n) is 4.75. The molecule has 2 aromatic rings. The van der Waals surface area contributed by atoms with Crippen molar-refractivity contribution in [3.63, 3.8) is 0 Å². The van der Waals surface area contributed by atoms with Crippen LogP contribution in [0.2, 0.25) is 0 Å². The molecular formula is C17H21NO2. The Kier molecular flexibility index (Phi) is 4.64. The third-order valence-corrected chi connectivity index (χ3v) is 3.38. The zero-order valence-electron chi connectivity index (χ0n) is 12.5.